The van der Waals surface area contributed by atoms with E-state index in [1.807, 2.05) is 6.92 Å². The van der Waals surface area contributed by atoms with Crippen LogP contribution in [-0.2, 0) is 0 Å². The van der Waals surface area contributed by atoms with Crippen LogP contribution in [0.4, 0.5) is 5.13 Å². The van der Waals surface area contributed by atoms with E-state index >= 15 is 0 Å². The lowest BCUT2D eigenvalue weighted by Gasteiger charge is -1.87. The fourth-order valence-corrected chi connectivity index (χ4v) is 1.59. The Labute approximate surface area is 72.6 Å². The quantitative estimate of drug-likeness (QED) is 0.682. The third-order valence-electron chi connectivity index (χ3n) is 1.50. The number of H-pyrrole nitrogens is 1. The van der Waals surface area contributed by atoms with Gasteiger partial charge in [-0.15, -0.1) is 10.2 Å². The van der Waals surface area contributed by atoms with E-state index in [1.54, 1.807) is 6.20 Å². The minimum atomic E-state index is 0.477. The van der Waals surface area contributed by atoms with Gasteiger partial charge in [0.1, 0.15) is 0 Å². The van der Waals surface area contributed by atoms with Crippen molar-refractivity contribution in [2.45, 2.75) is 6.92 Å². The molecule has 0 bridgehead atoms. The van der Waals surface area contributed by atoms with Crippen molar-refractivity contribution >= 4 is 16.5 Å². The number of nitrogens with two attached hydrogens (primary N) is 1. The molecule has 5 nitrogen and oxygen atoms in total. The molecule has 3 N–H and O–H groups in total. The largest absolute Gasteiger partial charge is 0.374 e. The van der Waals surface area contributed by atoms with Gasteiger partial charge in [0.05, 0.1) is 11.8 Å². The number of aryl methyl sites for hydroxylation is 1. The van der Waals surface area contributed by atoms with Crippen molar-refractivity contribution < 1.29 is 0 Å². The van der Waals surface area contributed by atoms with Crippen LogP contribution in [0.15, 0.2) is 6.20 Å². The van der Waals surface area contributed by atoms with E-state index in [0.717, 1.165) is 16.3 Å². The van der Waals surface area contributed by atoms with E-state index in [0.29, 0.717) is 5.13 Å². The van der Waals surface area contributed by atoms with Gasteiger partial charge in [0.25, 0.3) is 0 Å². The molecule has 2 rings (SSSR count). The highest BCUT2D eigenvalue weighted by atomic mass is 32.1. The maximum atomic E-state index is 5.45. The van der Waals surface area contributed by atoms with Crippen molar-refractivity contribution in [2.24, 2.45) is 0 Å². The highest BCUT2D eigenvalue weighted by molar-refractivity contribution is 7.18. The summed E-state index contributed by atoms with van der Waals surface area (Å²) in [5, 5.41) is 15.6. The van der Waals surface area contributed by atoms with Crippen molar-refractivity contribution in [1.29, 1.82) is 0 Å². The minimum absolute atomic E-state index is 0.477. The fraction of sp³-hybridized carbons (Fsp3) is 0.167. The molecule has 0 aliphatic heterocycles. The molecule has 62 valence electrons. The van der Waals surface area contributed by atoms with Crippen LogP contribution in [0.25, 0.3) is 10.6 Å². The lowest BCUT2D eigenvalue weighted by atomic mass is 10.3. The molecule has 0 saturated carbocycles. The summed E-state index contributed by atoms with van der Waals surface area (Å²) in [6, 6.07) is 0. The van der Waals surface area contributed by atoms with E-state index in [-0.39, 0.29) is 0 Å². The maximum absolute atomic E-state index is 5.45. The molecular weight excluding hydrogens is 174 g/mol. The monoisotopic (exact) mass is 181 g/mol. The number of aromatic nitrogens is 4. The summed E-state index contributed by atoms with van der Waals surface area (Å²) in [5.41, 5.74) is 7.39. The first-order chi connectivity index (χ1) is 5.77. The lowest BCUT2D eigenvalue weighted by molar-refractivity contribution is 1.05. The molecule has 0 aromatic carbocycles. The fourth-order valence-electron chi connectivity index (χ4n) is 0.910. The van der Waals surface area contributed by atoms with Crippen molar-refractivity contribution in [3.05, 3.63) is 11.9 Å². The number of anilines is 1. The summed E-state index contributed by atoms with van der Waals surface area (Å²) in [4.78, 5) is 0. The first-order valence-electron chi connectivity index (χ1n) is 3.36. The van der Waals surface area contributed by atoms with Gasteiger partial charge in [-0.3, -0.25) is 5.10 Å². The predicted octanol–water partition coefficient (Wildman–Crippen LogP) is 0.819. The molecule has 0 aliphatic rings. The van der Waals surface area contributed by atoms with Gasteiger partial charge in [-0.25, -0.2) is 0 Å². The topological polar surface area (TPSA) is 80.5 Å². The molecule has 2 heterocycles. The van der Waals surface area contributed by atoms with Crippen LogP contribution in [0.2, 0.25) is 0 Å². The van der Waals surface area contributed by atoms with Gasteiger partial charge in [0.15, 0.2) is 5.01 Å². The van der Waals surface area contributed by atoms with Crippen LogP contribution in [-0.4, -0.2) is 20.4 Å². The van der Waals surface area contributed by atoms with E-state index in [2.05, 4.69) is 20.4 Å². The summed E-state index contributed by atoms with van der Waals surface area (Å²) >= 11 is 1.36. The second kappa shape index (κ2) is 2.56. The summed E-state index contributed by atoms with van der Waals surface area (Å²) in [5.74, 6) is 0. The molecule has 0 amide bonds. The minimum Gasteiger partial charge on any atom is -0.374 e. The van der Waals surface area contributed by atoms with Gasteiger partial charge < -0.3 is 5.73 Å². The van der Waals surface area contributed by atoms with E-state index < -0.39 is 0 Å². The molecule has 0 spiro atoms. The van der Waals surface area contributed by atoms with Crippen molar-refractivity contribution in [1.82, 2.24) is 20.4 Å². The number of nitrogens with one attached hydrogen (secondary N) is 1. The number of hydrogen-bond acceptors (Lipinski definition) is 5. The Morgan fingerprint density at radius 2 is 2.33 bits per heavy atom. The molecule has 0 fully saturated rings. The molecule has 2 aromatic heterocycles. The average molecular weight is 181 g/mol. The number of nitrogens with zero attached hydrogens (tertiary/aromatic N) is 3. The Balaban J connectivity index is 2.50. The summed E-state index contributed by atoms with van der Waals surface area (Å²) < 4.78 is 0. The summed E-state index contributed by atoms with van der Waals surface area (Å²) in [6.07, 6.45) is 1.72. The second-order valence-corrected chi connectivity index (χ2v) is 3.36. The SMILES string of the molecule is Cc1[nH]ncc1-c1nnc(N)s1. The van der Waals surface area contributed by atoms with Crippen LogP contribution in [0.3, 0.4) is 0 Å². The van der Waals surface area contributed by atoms with Crippen molar-refractivity contribution in [3.8, 4) is 10.6 Å². The van der Waals surface area contributed by atoms with Gasteiger partial charge in [-0.2, -0.15) is 5.10 Å². The molecule has 2 aromatic rings. The molecule has 0 saturated heterocycles. The molecule has 0 aliphatic carbocycles. The smallest absolute Gasteiger partial charge is 0.203 e. The number of hydrogen-bond donors (Lipinski definition) is 2. The van der Waals surface area contributed by atoms with Crippen LogP contribution in [0.1, 0.15) is 5.69 Å². The predicted molar refractivity (Wildman–Crippen MR) is 46.6 cm³/mol. The molecule has 6 heteroatoms. The zero-order valence-corrected chi connectivity index (χ0v) is 7.22. The van der Waals surface area contributed by atoms with E-state index in [4.69, 9.17) is 5.73 Å². The Hall–Kier alpha value is -1.43. The number of nitrogen functional groups attached to an aromatic ring is 1. The third-order valence-corrected chi connectivity index (χ3v) is 2.29. The van der Waals surface area contributed by atoms with Crippen LogP contribution in [0, 0.1) is 6.92 Å². The van der Waals surface area contributed by atoms with Gasteiger partial charge in [0.2, 0.25) is 5.13 Å². The highest BCUT2D eigenvalue weighted by Crippen LogP contribution is 2.25. The lowest BCUT2D eigenvalue weighted by Crippen LogP contribution is -1.80. The second-order valence-electron chi connectivity index (χ2n) is 2.35. The highest BCUT2D eigenvalue weighted by Gasteiger charge is 2.08. The Bertz CT molecular complexity index is 390. The van der Waals surface area contributed by atoms with Crippen LogP contribution in [0.5, 0.6) is 0 Å². The summed E-state index contributed by atoms with van der Waals surface area (Å²) in [6.45, 7) is 1.93. The van der Waals surface area contributed by atoms with Crippen LogP contribution < -0.4 is 5.73 Å². The average Bonchev–Trinajstić information content (AvgIpc) is 2.58. The zero-order chi connectivity index (χ0) is 8.55. The van der Waals surface area contributed by atoms with E-state index in [9.17, 15) is 0 Å². The molecule has 0 atom stereocenters. The molecule has 12 heavy (non-hydrogen) atoms. The normalized spacial score (nSPS) is 10.4. The van der Waals surface area contributed by atoms with Gasteiger partial charge >= 0.3 is 0 Å². The Morgan fingerprint density at radius 3 is 2.83 bits per heavy atom. The zero-order valence-electron chi connectivity index (χ0n) is 6.40. The third kappa shape index (κ3) is 1.06. The standard InChI is InChI=1S/C6H7N5S/c1-3-4(2-8-9-3)5-10-11-6(7)12-5/h2H,1H3,(H2,7,11)(H,8,9). The maximum Gasteiger partial charge on any atom is 0.203 e. The van der Waals surface area contributed by atoms with Gasteiger partial charge in [0, 0.05) is 5.69 Å². The summed E-state index contributed by atoms with van der Waals surface area (Å²) in [7, 11) is 0. The van der Waals surface area contributed by atoms with Gasteiger partial charge in [-0.05, 0) is 6.92 Å². The van der Waals surface area contributed by atoms with Crippen molar-refractivity contribution in [3.63, 3.8) is 0 Å². The molecule has 0 unspecified atom stereocenters. The molecular formula is C6H7N5S. The van der Waals surface area contributed by atoms with Gasteiger partial charge in [-0.1, -0.05) is 11.3 Å². The Morgan fingerprint density at radius 1 is 1.50 bits per heavy atom. The molecule has 0 radical (unpaired) electrons. The van der Waals surface area contributed by atoms with Crippen molar-refractivity contribution in [2.75, 3.05) is 5.73 Å². The first kappa shape index (κ1) is 7.23. The van der Waals surface area contributed by atoms with Crippen LogP contribution >= 0.6 is 11.3 Å². The number of rotatable bonds is 1. The van der Waals surface area contributed by atoms with E-state index in [1.165, 1.54) is 11.3 Å². The first-order valence-corrected chi connectivity index (χ1v) is 4.18. The number of aromatic amines is 1. The Kier molecular flexibility index (Phi) is 1.54.